The van der Waals surface area contributed by atoms with Crippen LogP contribution in [0.4, 0.5) is 0 Å². The number of nitrogens with two attached hydrogens (primary N) is 1. The second kappa shape index (κ2) is 5.88. The first-order chi connectivity index (χ1) is 8.65. The van der Waals surface area contributed by atoms with Crippen LogP contribution in [0.2, 0.25) is 0 Å². The standard InChI is InChI=1S/C13H25N3O3/c1-12(2,3)16-10(17)5-6-15-11(18)13(4)8-19-7-9(13)14/h9H,5-8,14H2,1-4H3,(H,15,18)(H,16,17). The molecule has 0 aromatic rings. The Hall–Kier alpha value is -1.14. The van der Waals surface area contributed by atoms with Gasteiger partial charge >= 0.3 is 0 Å². The number of rotatable bonds is 4. The van der Waals surface area contributed by atoms with Gasteiger partial charge in [0.2, 0.25) is 11.8 Å². The molecule has 2 unspecified atom stereocenters. The zero-order chi connectivity index (χ0) is 14.7. The Kier molecular flexibility index (Phi) is 4.92. The molecule has 1 heterocycles. The number of hydrogen-bond acceptors (Lipinski definition) is 4. The maximum Gasteiger partial charge on any atom is 0.229 e. The molecule has 0 radical (unpaired) electrons. The minimum absolute atomic E-state index is 0.0788. The van der Waals surface area contributed by atoms with Crippen LogP contribution in [0.1, 0.15) is 34.1 Å². The van der Waals surface area contributed by atoms with Crippen molar-refractivity contribution < 1.29 is 14.3 Å². The SMILES string of the molecule is CC(C)(C)NC(=O)CCNC(=O)C1(C)COCC1N. The van der Waals surface area contributed by atoms with Crippen molar-refractivity contribution in [3.8, 4) is 0 Å². The maximum atomic E-state index is 12.0. The van der Waals surface area contributed by atoms with Crippen molar-refractivity contribution in [2.75, 3.05) is 19.8 Å². The summed E-state index contributed by atoms with van der Waals surface area (Å²) in [6, 6.07) is -0.295. The van der Waals surface area contributed by atoms with E-state index >= 15 is 0 Å². The fourth-order valence-corrected chi connectivity index (χ4v) is 1.90. The molecule has 6 heteroatoms. The van der Waals surface area contributed by atoms with E-state index in [0.717, 1.165) is 0 Å². The monoisotopic (exact) mass is 271 g/mol. The summed E-state index contributed by atoms with van der Waals surface area (Å²) in [7, 11) is 0. The third kappa shape index (κ3) is 4.47. The van der Waals surface area contributed by atoms with Crippen LogP contribution in [0, 0.1) is 5.41 Å². The molecule has 0 aromatic heterocycles. The van der Waals surface area contributed by atoms with Crippen LogP contribution in [-0.4, -0.2) is 43.2 Å². The highest BCUT2D eigenvalue weighted by atomic mass is 16.5. The summed E-state index contributed by atoms with van der Waals surface area (Å²) < 4.78 is 5.22. The Balaban J connectivity index is 2.33. The topological polar surface area (TPSA) is 93.5 Å². The molecule has 1 fully saturated rings. The summed E-state index contributed by atoms with van der Waals surface area (Å²) in [6.07, 6.45) is 0.259. The molecule has 1 saturated heterocycles. The molecule has 4 N–H and O–H groups in total. The molecule has 0 bridgehead atoms. The van der Waals surface area contributed by atoms with Gasteiger partial charge in [0.05, 0.1) is 18.6 Å². The molecule has 1 rings (SSSR count). The van der Waals surface area contributed by atoms with Gasteiger partial charge in [0, 0.05) is 24.5 Å². The molecule has 0 aromatic carbocycles. The highest BCUT2D eigenvalue weighted by Crippen LogP contribution is 2.26. The molecular formula is C13H25N3O3. The average Bonchev–Trinajstić information content (AvgIpc) is 2.57. The zero-order valence-corrected chi connectivity index (χ0v) is 12.2. The van der Waals surface area contributed by atoms with Gasteiger partial charge in [-0.1, -0.05) is 0 Å². The van der Waals surface area contributed by atoms with Crippen LogP contribution in [-0.2, 0) is 14.3 Å². The van der Waals surface area contributed by atoms with E-state index in [0.29, 0.717) is 19.8 Å². The van der Waals surface area contributed by atoms with Crippen LogP contribution in [0.25, 0.3) is 0 Å². The predicted octanol–water partition coefficient (Wildman–Crippen LogP) is -0.229. The second-order valence-corrected chi connectivity index (χ2v) is 6.34. The van der Waals surface area contributed by atoms with Crippen LogP contribution in [0.15, 0.2) is 0 Å². The van der Waals surface area contributed by atoms with Crippen molar-refractivity contribution in [1.29, 1.82) is 0 Å². The zero-order valence-electron chi connectivity index (χ0n) is 12.2. The Morgan fingerprint density at radius 1 is 1.42 bits per heavy atom. The highest BCUT2D eigenvalue weighted by molar-refractivity contribution is 5.84. The summed E-state index contributed by atoms with van der Waals surface area (Å²) in [5.74, 6) is -0.231. The quantitative estimate of drug-likeness (QED) is 0.658. The molecule has 1 aliphatic rings. The second-order valence-electron chi connectivity index (χ2n) is 6.34. The Bertz CT molecular complexity index is 352. The van der Waals surface area contributed by atoms with Gasteiger partial charge < -0.3 is 21.1 Å². The van der Waals surface area contributed by atoms with Crippen molar-refractivity contribution in [3.63, 3.8) is 0 Å². The van der Waals surface area contributed by atoms with Crippen molar-refractivity contribution in [2.45, 2.75) is 45.7 Å². The molecule has 0 saturated carbocycles. The van der Waals surface area contributed by atoms with Gasteiger partial charge in [-0.3, -0.25) is 9.59 Å². The molecule has 0 spiro atoms. The van der Waals surface area contributed by atoms with Gasteiger partial charge in [-0.2, -0.15) is 0 Å². The number of ether oxygens (including phenoxy) is 1. The van der Waals surface area contributed by atoms with Gasteiger partial charge in [-0.15, -0.1) is 0 Å². The molecule has 1 aliphatic heterocycles. The molecule has 2 amide bonds. The first kappa shape index (κ1) is 15.9. The lowest BCUT2D eigenvalue weighted by Gasteiger charge is -2.25. The van der Waals surface area contributed by atoms with E-state index in [4.69, 9.17) is 10.5 Å². The van der Waals surface area contributed by atoms with Crippen LogP contribution < -0.4 is 16.4 Å². The number of amides is 2. The third-order valence-electron chi connectivity index (χ3n) is 3.19. The van der Waals surface area contributed by atoms with Crippen molar-refractivity contribution in [1.82, 2.24) is 10.6 Å². The predicted molar refractivity (Wildman–Crippen MR) is 72.4 cm³/mol. The normalized spacial score (nSPS) is 27.1. The Morgan fingerprint density at radius 2 is 2.05 bits per heavy atom. The smallest absolute Gasteiger partial charge is 0.229 e. The van der Waals surface area contributed by atoms with Crippen molar-refractivity contribution in [3.05, 3.63) is 0 Å². The van der Waals surface area contributed by atoms with Crippen LogP contribution in [0.5, 0.6) is 0 Å². The fraction of sp³-hybridized carbons (Fsp3) is 0.846. The number of carbonyl (C=O) groups is 2. The molecule has 2 atom stereocenters. The van der Waals surface area contributed by atoms with Gasteiger partial charge in [-0.25, -0.2) is 0 Å². The van der Waals surface area contributed by atoms with E-state index in [1.165, 1.54) is 0 Å². The minimum atomic E-state index is -0.694. The lowest BCUT2D eigenvalue weighted by atomic mass is 9.85. The third-order valence-corrected chi connectivity index (χ3v) is 3.19. The number of hydrogen-bond donors (Lipinski definition) is 3. The Labute approximate surface area is 114 Å². The van der Waals surface area contributed by atoms with Crippen molar-refractivity contribution in [2.24, 2.45) is 11.1 Å². The number of carbonyl (C=O) groups excluding carboxylic acids is 2. The molecule has 19 heavy (non-hydrogen) atoms. The van der Waals surface area contributed by atoms with E-state index in [-0.39, 0.29) is 29.8 Å². The van der Waals surface area contributed by atoms with E-state index in [1.807, 2.05) is 20.8 Å². The summed E-state index contributed by atoms with van der Waals surface area (Å²) in [4.78, 5) is 23.6. The van der Waals surface area contributed by atoms with Crippen molar-refractivity contribution >= 4 is 11.8 Å². The van der Waals surface area contributed by atoms with E-state index < -0.39 is 5.41 Å². The van der Waals surface area contributed by atoms with E-state index in [9.17, 15) is 9.59 Å². The molecule has 6 nitrogen and oxygen atoms in total. The lowest BCUT2D eigenvalue weighted by Crippen LogP contribution is -2.50. The minimum Gasteiger partial charge on any atom is -0.379 e. The van der Waals surface area contributed by atoms with Crippen LogP contribution >= 0.6 is 0 Å². The maximum absolute atomic E-state index is 12.0. The summed E-state index contributed by atoms with van der Waals surface area (Å²) in [5, 5.41) is 5.59. The molecule has 110 valence electrons. The average molecular weight is 271 g/mol. The number of nitrogens with one attached hydrogen (secondary N) is 2. The van der Waals surface area contributed by atoms with Gasteiger partial charge in [0.1, 0.15) is 0 Å². The van der Waals surface area contributed by atoms with E-state index in [1.54, 1.807) is 6.92 Å². The largest absolute Gasteiger partial charge is 0.379 e. The lowest BCUT2D eigenvalue weighted by molar-refractivity contribution is -0.130. The highest BCUT2D eigenvalue weighted by Gasteiger charge is 2.44. The summed E-state index contributed by atoms with van der Waals surface area (Å²) in [5.41, 5.74) is 4.91. The fourth-order valence-electron chi connectivity index (χ4n) is 1.90. The van der Waals surface area contributed by atoms with Gasteiger partial charge in [0.15, 0.2) is 0 Å². The first-order valence-electron chi connectivity index (χ1n) is 6.58. The summed E-state index contributed by atoms with van der Waals surface area (Å²) in [6.45, 7) is 8.57. The Morgan fingerprint density at radius 3 is 2.53 bits per heavy atom. The van der Waals surface area contributed by atoms with E-state index in [2.05, 4.69) is 10.6 Å². The molecular weight excluding hydrogens is 246 g/mol. The van der Waals surface area contributed by atoms with Crippen LogP contribution in [0.3, 0.4) is 0 Å². The molecule has 0 aliphatic carbocycles. The first-order valence-corrected chi connectivity index (χ1v) is 6.58. The van der Waals surface area contributed by atoms with Gasteiger partial charge in [-0.05, 0) is 27.7 Å². The van der Waals surface area contributed by atoms with Gasteiger partial charge in [0.25, 0.3) is 0 Å². The summed E-state index contributed by atoms with van der Waals surface area (Å²) >= 11 is 0.